The van der Waals surface area contributed by atoms with Crippen molar-refractivity contribution in [1.29, 1.82) is 0 Å². The Morgan fingerprint density at radius 3 is 2.47 bits per heavy atom. The number of phenols is 1. The monoisotopic (exact) mass is 225 g/mol. The first kappa shape index (κ1) is 10.8. The van der Waals surface area contributed by atoms with Gasteiger partial charge in [-0.1, -0.05) is 25.4 Å². The van der Waals surface area contributed by atoms with Gasteiger partial charge in [0.2, 0.25) is 0 Å². The number of benzene rings is 1. The van der Waals surface area contributed by atoms with Crippen molar-refractivity contribution in [1.82, 2.24) is 0 Å². The van der Waals surface area contributed by atoms with Crippen LogP contribution in [-0.2, 0) is 5.54 Å². The molecule has 2 nitrogen and oxygen atoms in total. The summed E-state index contributed by atoms with van der Waals surface area (Å²) < 4.78 is 0. The van der Waals surface area contributed by atoms with Gasteiger partial charge >= 0.3 is 0 Å². The van der Waals surface area contributed by atoms with E-state index in [4.69, 9.17) is 17.3 Å². The standard InChI is InChI=1S/C12H16ClNO/c1-7(2)8-5-9(12(14)3-4-12)11(15)10(13)6-8/h5-7,15H,3-4,14H2,1-2H3. The minimum atomic E-state index is -0.335. The largest absolute Gasteiger partial charge is 0.506 e. The molecule has 0 atom stereocenters. The third-order valence-electron chi connectivity index (χ3n) is 3.08. The van der Waals surface area contributed by atoms with Gasteiger partial charge in [0.1, 0.15) is 5.75 Å². The molecule has 1 aliphatic carbocycles. The summed E-state index contributed by atoms with van der Waals surface area (Å²) in [4.78, 5) is 0. The molecule has 1 aromatic carbocycles. The van der Waals surface area contributed by atoms with Crippen LogP contribution < -0.4 is 5.73 Å². The van der Waals surface area contributed by atoms with Crippen LogP contribution in [0.2, 0.25) is 5.02 Å². The van der Waals surface area contributed by atoms with Gasteiger partial charge < -0.3 is 10.8 Å². The normalized spacial score (nSPS) is 18.2. The molecule has 2 rings (SSSR count). The molecule has 3 N–H and O–H groups in total. The summed E-state index contributed by atoms with van der Waals surface area (Å²) in [5.74, 6) is 0.547. The molecule has 0 spiro atoms. The van der Waals surface area contributed by atoms with Gasteiger partial charge in [0.15, 0.2) is 0 Å². The number of rotatable bonds is 2. The van der Waals surface area contributed by atoms with Crippen molar-refractivity contribution >= 4 is 11.6 Å². The number of phenolic OH excluding ortho intramolecular Hbond substituents is 1. The molecule has 0 unspecified atom stereocenters. The SMILES string of the molecule is CC(C)c1cc(Cl)c(O)c(C2(N)CC2)c1. The quantitative estimate of drug-likeness (QED) is 0.813. The van der Waals surface area contributed by atoms with E-state index in [0.717, 1.165) is 24.0 Å². The van der Waals surface area contributed by atoms with Crippen molar-refractivity contribution in [3.05, 3.63) is 28.3 Å². The third kappa shape index (κ3) is 1.84. The van der Waals surface area contributed by atoms with Crippen LogP contribution >= 0.6 is 11.6 Å². The smallest absolute Gasteiger partial charge is 0.139 e. The molecule has 0 heterocycles. The maximum Gasteiger partial charge on any atom is 0.139 e. The molecule has 0 aromatic heterocycles. The Hall–Kier alpha value is -0.730. The van der Waals surface area contributed by atoms with Gasteiger partial charge in [-0.3, -0.25) is 0 Å². The Morgan fingerprint density at radius 2 is 2.00 bits per heavy atom. The van der Waals surface area contributed by atoms with E-state index < -0.39 is 0 Å². The van der Waals surface area contributed by atoms with E-state index in [1.807, 2.05) is 12.1 Å². The van der Waals surface area contributed by atoms with Gasteiger partial charge in [-0.25, -0.2) is 0 Å². The lowest BCUT2D eigenvalue weighted by atomic mass is 9.96. The molecule has 0 aliphatic heterocycles. The van der Waals surface area contributed by atoms with Crippen molar-refractivity contribution in [3.63, 3.8) is 0 Å². The second kappa shape index (κ2) is 3.39. The minimum absolute atomic E-state index is 0.154. The van der Waals surface area contributed by atoms with Crippen molar-refractivity contribution in [2.45, 2.75) is 38.1 Å². The summed E-state index contributed by atoms with van der Waals surface area (Å²) >= 11 is 5.99. The highest BCUT2D eigenvalue weighted by Gasteiger charge is 2.42. The van der Waals surface area contributed by atoms with Crippen LogP contribution in [0.25, 0.3) is 0 Å². The first-order chi connectivity index (χ1) is 6.94. The average molecular weight is 226 g/mol. The van der Waals surface area contributed by atoms with Crippen molar-refractivity contribution in [2.24, 2.45) is 5.73 Å². The predicted molar refractivity (Wildman–Crippen MR) is 62.3 cm³/mol. The number of aromatic hydroxyl groups is 1. The number of hydrogen-bond donors (Lipinski definition) is 2. The molecule has 0 amide bonds. The molecular formula is C12H16ClNO. The van der Waals surface area contributed by atoms with Crippen LogP contribution in [0, 0.1) is 0 Å². The summed E-state index contributed by atoms with van der Waals surface area (Å²) in [5, 5.41) is 10.3. The summed E-state index contributed by atoms with van der Waals surface area (Å²) in [5.41, 5.74) is 7.69. The highest BCUT2D eigenvalue weighted by atomic mass is 35.5. The second-order valence-corrected chi connectivity index (χ2v) is 5.12. The van der Waals surface area contributed by atoms with Gasteiger partial charge in [0.05, 0.1) is 5.02 Å². The van der Waals surface area contributed by atoms with E-state index >= 15 is 0 Å². The Morgan fingerprint density at radius 1 is 1.40 bits per heavy atom. The molecule has 1 saturated carbocycles. The van der Waals surface area contributed by atoms with E-state index in [1.54, 1.807) is 0 Å². The third-order valence-corrected chi connectivity index (χ3v) is 3.37. The molecule has 1 fully saturated rings. The maximum atomic E-state index is 9.87. The molecule has 3 heteroatoms. The van der Waals surface area contributed by atoms with E-state index in [1.165, 1.54) is 0 Å². The van der Waals surface area contributed by atoms with Crippen molar-refractivity contribution in [2.75, 3.05) is 0 Å². The van der Waals surface area contributed by atoms with Crippen molar-refractivity contribution < 1.29 is 5.11 Å². The number of halogens is 1. The highest BCUT2D eigenvalue weighted by Crippen LogP contribution is 2.48. The number of nitrogens with two attached hydrogens (primary N) is 1. The minimum Gasteiger partial charge on any atom is -0.506 e. The lowest BCUT2D eigenvalue weighted by molar-refractivity contribution is 0.459. The molecular weight excluding hydrogens is 210 g/mol. The molecule has 0 saturated heterocycles. The average Bonchev–Trinajstić information content (AvgIpc) is 2.89. The molecule has 82 valence electrons. The summed E-state index contributed by atoms with van der Waals surface area (Å²) in [7, 11) is 0. The summed E-state index contributed by atoms with van der Waals surface area (Å²) in [6.45, 7) is 4.20. The van der Waals surface area contributed by atoms with Gasteiger partial charge in [0.25, 0.3) is 0 Å². The Labute approximate surface area is 95.1 Å². The zero-order chi connectivity index (χ0) is 11.2. The van der Waals surface area contributed by atoms with E-state index in [9.17, 15) is 5.11 Å². The maximum absolute atomic E-state index is 9.87. The van der Waals surface area contributed by atoms with Crippen LogP contribution in [0.4, 0.5) is 0 Å². The van der Waals surface area contributed by atoms with Crippen molar-refractivity contribution in [3.8, 4) is 5.75 Å². The predicted octanol–water partition coefficient (Wildman–Crippen LogP) is 3.12. The Balaban J connectivity index is 2.53. The van der Waals surface area contributed by atoms with Gasteiger partial charge in [0, 0.05) is 11.1 Å². The highest BCUT2D eigenvalue weighted by molar-refractivity contribution is 6.32. The van der Waals surface area contributed by atoms with Gasteiger partial charge in [-0.2, -0.15) is 0 Å². The van der Waals surface area contributed by atoms with E-state index in [0.29, 0.717) is 10.9 Å². The molecule has 1 aromatic rings. The summed E-state index contributed by atoms with van der Waals surface area (Å²) in [6.07, 6.45) is 1.86. The molecule has 0 radical (unpaired) electrons. The fourth-order valence-corrected chi connectivity index (χ4v) is 1.96. The molecule has 0 bridgehead atoms. The summed E-state index contributed by atoms with van der Waals surface area (Å²) in [6, 6.07) is 3.80. The topological polar surface area (TPSA) is 46.2 Å². The lowest BCUT2D eigenvalue weighted by Crippen LogP contribution is -2.19. The zero-order valence-corrected chi connectivity index (χ0v) is 9.80. The number of hydrogen-bond acceptors (Lipinski definition) is 2. The fourth-order valence-electron chi connectivity index (χ4n) is 1.74. The van der Waals surface area contributed by atoms with E-state index in [-0.39, 0.29) is 11.3 Å². The van der Waals surface area contributed by atoms with Crippen LogP contribution in [0.5, 0.6) is 5.75 Å². The van der Waals surface area contributed by atoms with Crippen LogP contribution in [0.1, 0.15) is 43.7 Å². The van der Waals surface area contributed by atoms with Crippen LogP contribution in [0.3, 0.4) is 0 Å². The zero-order valence-electron chi connectivity index (χ0n) is 9.05. The lowest BCUT2D eigenvalue weighted by Gasteiger charge is -2.16. The first-order valence-electron chi connectivity index (χ1n) is 5.26. The molecule has 15 heavy (non-hydrogen) atoms. The van der Waals surface area contributed by atoms with E-state index in [2.05, 4.69) is 13.8 Å². The Kier molecular flexibility index (Phi) is 2.44. The van der Waals surface area contributed by atoms with Crippen LogP contribution in [-0.4, -0.2) is 5.11 Å². The second-order valence-electron chi connectivity index (χ2n) is 4.71. The van der Waals surface area contributed by atoms with Gasteiger partial charge in [-0.05, 0) is 36.5 Å². The Bertz CT molecular complexity index is 397. The fraction of sp³-hybridized carbons (Fsp3) is 0.500. The molecule has 1 aliphatic rings. The van der Waals surface area contributed by atoms with Gasteiger partial charge in [-0.15, -0.1) is 0 Å². The first-order valence-corrected chi connectivity index (χ1v) is 5.63. The van der Waals surface area contributed by atoms with Crippen LogP contribution in [0.15, 0.2) is 12.1 Å².